The van der Waals surface area contributed by atoms with Gasteiger partial charge >= 0.3 is 5.97 Å². The summed E-state index contributed by atoms with van der Waals surface area (Å²) >= 11 is 1.30. The summed E-state index contributed by atoms with van der Waals surface area (Å²) < 4.78 is 37.7. The zero-order valence-electron chi connectivity index (χ0n) is 18.0. The summed E-state index contributed by atoms with van der Waals surface area (Å²) in [6, 6.07) is 0. The van der Waals surface area contributed by atoms with Gasteiger partial charge in [-0.25, -0.2) is 13.4 Å². The summed E-state index contributed by atoms with van der Waals surface area (Å²) in [5.74, 6) is -0.908. The maximum absolute atomic E-state index is 13.0. The quantitative estimate of drug-likeness (QED) is 0.565. The Morgan fingerprint density at radius 3 is 2.74 bits per heavy atom. The molecule has 3 rings (SSSR count). The third kappa shape index (κ3) is 4.96. The van der Waals surface area contributed by atoms with Crippen LogP contribution in [-0.2, 0) is 31.0 Å². The number of anilines is 1. The molecule has 0 aromatic carbocycles. The molecule has 2 aromatic heterocycles. The minimum absolute atomic E-state index is 0.0299. The predicted molar refractivity (Wildman–Crippen MR) is 113 cm³/mol. The van der Waals surface area contributed by atoms with E-state index in [2.05, 4.69) is 10.1 Å². The van der Waals surface area contributed by atoms with Crippen LogP contribution in [0.2, 0.25) is 0 Å². The maximum Gasteiger partial charge on any atom is 0.310 e. The molecule has 1 aliphatic heterocycles. The molecular formula is C19H26N4O6S2. The molecule has 1 amide bonds. The Morgan fingerprint density at radius 1 is 1.39 bits per heavy atom. The number of nitrogens with zero attached hydrogens (tertiary/aromatic N) is 4. The summed E-state index contributed by atoms with van der Waals surface area (Å²) in [7, 11) is -3.81. The Balaban J connectivity index is 1.63. The van der Waals surface area contributed by atoms with E-state index in [1.165, 1.54) is 27.5 Å². The molecule has 0 bridgehead atoms. The van der Waals surface area contributed by atoms with E-state index in [0.717, 1.165) is 0 Å². The maximum atomic E-state index is 13.0. The Kier molecular flexibility index (Phi) is 7.12. The largest absolute Gasteiger partial charge is 0.459 e. The van der Waals surface area contributed by atoms with Crippen LogP contribution < -0.4 is 4.90 Å². The van der Waals surface area contributed by atoms with Crippen molar-refractivity contribution in [1.82, 2.24) is 14.4 Å². The zero-order chi connectivity index (χ0) is 22.8. The van der Waals surface area contributed by atoms with Gasteiger partial charge < -0.3 is 9.26 Å². The van der Waals surface area contributed by atoms with E-state index >= 15 is 0 Å². The van der Waals surface area contributed by atoms with Gasteiger partial charge in [0.05, 0.1) is 11.6 Å². The highest BCUT2D eigenvalue weighted by Gasteiger charge is 2.37. The van der Waals surface area contributed by atoms with Crippen LogP contribution in [0.5, 0.6) is 0 Å². The topological polar surface area (TPSA) is 123 Å². The van der Waals surface area contributed by atoms with Crippen molar-refractivity contribution in [2.75, 3.05) is 24.5 Å². The Labute approximate surface area is 185 Å². The average Bonchev–Trinajstić information content (AvgIpc) is 3.33. The molecule has 12 heteroatoms. The fourth-order valence-electron chi connectivity index (χ4n) is 3.57. The first-order chi connectivity index (χ1) is 14.6. The number of piperidine rings is 1. The summed E-state index contributed by atoms with van der Waals surface area (Å²) in [6.45, 7) is 7.29. The highest BCUT2D eigenvalue weighted by atomic mass is 32.2. The van der Waals surface area contributed by atoms with Gasteiger partial charge in [-0.05, 0) is 33.6 Å². The van der Waals surface area contributed by atoms with Crippen molar-refractivity contribution >= 4 is 38.4 Å². The molecule has 0 saturated carbocycles. The van der Waals surface area contributed by atoms with E-state index < -0.39 is 21.9 Å². The SMILES string of the molecule is CCN(C(C)=O)c1nc(COC(=O)C2CCCN(S(=O)(=O)c3c(C)noc3C)C2)cs1. The second kappa shape index (κ2) is 9.45. The number of thiazole rings is 1. The monoisotopic (exact) mass is 470 g/mol. The molecule has 1 atom stereocenters. The van der Waals surface area contributed by atoms with Gasteiger partial charge in [-0.3, -0.25) is 14.5 Å². The fourth-order valence-corrected chi connectivity index (χ4v) is 6.30. The van der Waals surface area contributed by atoms with Crippen LogP contribution in [0, 0.1) is 19.8 Å². The van der Waals surface area contributed by atoms with E-state index in [-0.39, 0.29) is 29.7 Å². The standard InChI is InChI=1S/C19H26N4O6S2/c1-5-23(14(4)24)19-20-16(11-30-19)10-28-18(25)15-7-6-8-22(9-15)31(26,27)17-12(2)21-29-13(17)3/h11,15H,5-10H2,1-4H3. The molecule has 31 heavy (non-hydrogen) atoms. The van der Waals surface area contributed by atoms with Crippen LogP contribution >= 0.6 is 11.3 Å². The molecule has 0 N–H and O–H groups in total. The number of carbonyl (C=O) groups excluding carboxylic acids is 2. The molecule has 3 heterocycles. The summed E-state index contributed by atoms with van der Waals surface area (Å²) in [4.78, 5) is 30.2. The normalized spacial score (nSPS) is 17.5. The lowest BCUT2D eigenvalue weighted by molar-refractivity contribution is -0.151. The van der Waals surface area contributed by atoms with Crippen molar-refractivity contribution in [2.24, 2.45) is 5.92 Å². The lowest BCUT2D eigenvalue weighted by Gasteiger charge is -2.30. The summed E-state index contributed by atoms with van der Waals surface area (Å²) in [5, 5.41) is 6.01. The average molecular weight is 471 g/mol. The Morgan fingerprint density at radius 2 is 2.13 bits per heavy atom. The van der Waals surface area contributed by atoms with Gasteiger partial charge in [0.15, 0.2) is 10.9 Å². The molecule has 1 saturated heterocycles. The molecule has 0 radical (unpaired) electrons. The van der Waals surface area contributed by atoms with E-state index in [1.54, 1.807) is 19.2 Å². The van der Waals surface area contributed by atoms with E-state index in [9.17, 15) is 18.0 Å². The number of sulfonamides is 1. The van der Waals surface area contributed by atoms with Gasteiger partial charge in [-0.1, -0.05) is 5.16 Å². The number of rotatable bonds is 7. The van der Waals surface area contributed by atoms with Crippen molar-refractivity contribution in [2.45, 2.75) is 52.0 Å². The minimum Gasteiger partial charge on any atom is -0.459 e. The van der Waals surface area contributed by atoms with Gasteiger partial charge in [0, 0.05) is 31.9 Å². The Bertz CT molecular complexity index is 1040. The number of amides is 1. The van der Waals surface area contributed by atoms with Crippen LogP contribution in [0.4, 0.5) is 5.13 Å². The van der Waals surface area contributed by atoms with Crippen molar-refractivity contribution in [3.8, 4) is 0 Å². The van der Waals surface area contributed by atoms with Gasteiger partial charge in [-0.2, -0.15) is 4.31 Å². The van der Waals surface area contributed by atoms with E-state index in [1.807, 2.05) is 6.92 Å². The highest BCUT2D eigenvalue weighted by molar-refractivity contribution is 7.89. The van der Waals surface area contributed by atoms with Gasteiger partial charge in [0.2, 0.25) is 15.9 Å². The van der Waals surface area contributed by atoms with E-state index in [4.69, 9.17) is 9.26 Å². The van der Waals surface area contributed by atoms with Crippen LogP contribution in [0.15, 0.2) is 14.8 Å². The van der Waals surface area contributed by atoms with Crippen molar-refractivity contribution in [3.63, 3.8) is 0 Å². The van der Waals surface area contributed by atoms with Crippen LogP contribution in [-0.4, -0.2) is 54.4 Å². The minimum atomic E-state index is -3.81. The lowest BCUT2D eigenvalue weighted by Crippen LogP contribution is -2.43. The molecule has 2 aromatic rings. The molecule has 0 aliphatic carbocycles. The Hall–Kier alpha value is -2.31. The highest BCUT2D eigenvalue weighted by Crippen LogP contribution is 2.28. The summed E-state index contributed by atoms with van der Waals surface area (Å²) in [6.07, 6.45) is 1.09. The number of aryl methyl sites for hydroxylation is 2. The van der Waals surface area contributed by atoms with Gasteiger partial charge in [-0.15, -0.1) is 11.3 Å². The van der Waals surface area contributed by atoms with Crippen molar-refractivity contribution < 1.29 is 27.3 Å². The number of esters is 1. The molecule has 1 unspecified atom stereocenters. The lowest BCUT2D eigenvalue weighted by atomic mass is 10.00. The molecule has 0 spiro atoms. The number of aromatic nitrogens is 2. The molecular weight excluding hydrogens is 444 g/mol. The summed E-state index contributed by atoms with van der Waals surface area (Å²) in [5.41, 5.74) is 0.845. The first kappa shape index (κ1) is 23.4. The second-order valence-corrected chi connectivity index (χ2v) is 10.1. The predicted octanol–water partition coefficient (Wildman–Crippen LogP) is 2.26. The first-order valence-electron chi connectivity index (χ1n) is 9.97. The number of hydrogen-bond acceptors (Lipinski definition) is 9. The molecule has 170 valence electrons. The zero-order valence-corrected chi connectivity index (χ0v) is 19.6. The fraction of sp³-hybridized carbons (Fsp3) is 0.579. The number of carbonyl (C=O) groups is 2. The third-order valence-electron chi connectivity index (χ3n) is 5.11. The van der Waals surface area contributed by atoms with Crippen LogP contribution in [0.1, 0.15) is 43.8 Å². The first-order valence-corrected chi connectivity index (χ1v) is 12.3. The third-order valence-corrected chi connectivity index (χ3v) is 8.14. The van der Waals surface area contributed by atoms with Gasteiger partial charge in [0.1, 0.15) is 17.2 Å². The van der Waals surface area contributed by atoms with Crippen LogP contribution in [0.25, 0.3) is 0 Å². The van der Waals surface area contributed by atoms with Crippen molar-refractivity contribution in [1.29, 1.82) is 0 Å². The number of hydrogen-bond donors (Lipinski definition) is 0. The molecule has 1 fully saturated rings. The molecule has 1 aliphatic rings. The smallest absolute Gasteiger partial charge is 0.310 e. The van der Waals surface area contributed by atoms with Crippen molar-refractivity contribution in [3.05, 3.63) is 22.5 Å². The molecule has 10 nitrogen and oxygen atoms in total. The van der Waals surface area contributed by atoms with E-state index in [0.29, 0.717) is 42.5 Å². The van der Waals surface area contributed by atoms with Gasteiger partial charge in [0.25, 0.3) is 0 Å². The second-order valence-electron chi connectivity index (χ2n) is 7.35. The number of ether oxygens (including phenoxy) is 1. The van der Waals surface area contributed by atoms with Crippen LogP contribution in [0.3, 0.4) is 0 Å².